The summed E-state index contributed by atoms with van der Waals surface area (Å²) >= 11 is 0. The zero-order chi connectivity index (χ0) is 10.7. The molecule has 1 aromatic rings. The summed E-state index contributed by atoms with van der Waals surface area (Å²) in [5.74, 6) is 0. The maximum Gasteiger partial charge on any atom is 0.297 e. The number of aliphatic hydroxyl groups excluding tert-OH is 1. The zero-order valence-electron chi connectivity index (χ0n) is 8.85. The van der Waals surface area contributed by atoms with Crippen molar-refractivity contribution < 1.29 is 14.3 Å². The molecule has 0 unspecified atom stereocenters. The van der Waals surface area contributed by atoms with Crippen molar-refractivity contribution in [1.82, 2.24) is 4.98 Å². The van der Waals surface area contributed by atoms with Gasteiger partial charge in [-0.2, -0.15) is 4.98 Å². The summed E-state index contributed by atoms with van der Waals surface area (Å²) < 4.78 is 10.6. The minimum atomic E-state index is -0.0783. The molecule has 0 aromatic carbocycles. The molecule has 0 amide bonds. The van der Waals surface area contributed by atoms with E-state index >= 15 is 0 Å². The van der Waals surface area contributed by atoms with Crippen LogP contribution in [0.3, 0.4) is 0 Å². The lowest BCUT2D eigenvalue weighted by atomic mass is 10.1. The second-order valence-electron chi connectivity index (χ2n) is 3.73. The van der Waals surface area contributed by atoms with Crippen LogP contribution in [0.25, 0.3) is 0 Å². The molecule has 0 spiro atoms. The molecule has 1 saturated heterocycles. The molecule has 1 N–H and O–H groups in total. The highest BCUT2D eigenvalue weighted by Crippen LogP contribution is 2.20. The molecule has 5 nitrogen and oxygen atoms in total. The number of rotatable bonds is 3. The van der Waals surface area contributed by atoms with Gasteiger partial charge in [-0.1, -0.05) is 0 Å². The summed E-state index contributed by atoms with van der Waals surface area (Å²) in [5, 5.41) is 8.88. The van der Waals surface area contributed by atoms with Crippen molar-refractivity contribution in [3.05, 3.63) is 12.0 Å². The number of aliphatic hydroxyl groups is 1. The molecule has 15 heavy (non-hydrogen) atoms. The van der Waals surface area contributed by atoms with Gasteiger partial charge in [0.2, 0.25) is 0 Å². The third kappa shape index (κ3) is 2.30. The predicted molar refractivity (Wildman–Crippen MR) is 54.7 cm³/mol. The van der Waals surface area contributed by atoms with Gasteiger partial charge in [-0.25, -0.2) is 0 Å². The van der Waals surface area contributed by atoms with E-state index < -0.39 is 0 Å². The molecule has 0 bridgehead atoms. The summed E-state index contributed by atoms with van der Waals surface area (Å²) in [6.07, 6.45) is 3.48. The van der Waals surface area contributed by atoms with Gasteiger partial charge >= 0.3 is 0 Å². The maximum absolute atomic E-state index is 8.88. The van der Waals surface area contributed by atoms with Crippen molar-refractivity contribution in [3.63, 3.8) is 0 Å². The number of hydrogen-bond donors (Lipinski definition) is 1. The number of ether oxygens (including phenoxy) is 1. The largest absolute Gasteiger partial charge is 0.432 e. The minimum Gasteiger partial charge on any atom is -0.432 e. The van der Waals surface area contributed by atoms with E-state index in [9.17, 15) is 0 Å². The Labute approximate surface area is 88.7 Å². The fraction of sp³-hybridized carbons (Fsp3) is 0.700. The highest BCUT2D eigenvalue weighted by Gasteiger charge is 2.21. The van der Waals surface area contributed by atoms with Crippen LogP contribution in [0.2, 0.25) is 0 Å². The number of aromatic nitrogens is 1. The van der Waals surface area contributed by atoms with Gasteiger partial charge in [-0.05, 0) is 12.8 Å². The van der Waals surface area contributed by atoms with Crippen molar-refractivity contribution in [3.8, 4) is 0 Å². The number of nitrogens with zero attached hydrogens (tertiary/aromatic N) is 2. The van der Waals surface area contributed by atoms with Crippen molar-refractivity contribution in [1.29, 1.82) is 0 Å². The van der Waals surface area contributed by atoms with E-state index in [1.54, 1.807) is 0 Å². The molecule has 5 heteroatoms. The molecule has 0 aliphatic carbocycles. The van der Waals surface area contributed by atoms with E-state index in [0.29, 0.717) is 17.8 Å². The Morgan fingerprint density at radius 2 is 2.27 bits per heavy atom. The third-order valence-electron chi connectivity index (χ3n) is 2.74. The van der Waals surface area contributed by atoms with E-state index in [0.717, 1.165) is 26.1 Å². The monoisotopic (exact) mass is 212 g/mol. The second-order valence-corrected chi connectivity index (χ2v) is 3.73. The SMILES string of the molecule is CN(c1nc(CO)co1)C1CCOCC1. The molecule has 1 fully saturated rings. The Morgan fingerprint density at radius 3 is 2.87 bits per heavy atom. The van der Waals surface area contributed by atoms with Crippen molar-refractivity contribution in [2.75, 3.05) is 25.2 Å². The molecule has 0 saturated carbocycles. The standard InChI is InChI=1S/C10H16N2O3/c1-12(9-2-4-14-5-3-9)10-11-8(6-13)7-15-10/h7,9,13H,2-6H2,1H3. The topological polar surface area (TPSA) is 58.7 Å². The first kappa shape index (κ1) is 10.4. The summed E-state index contributed by atoms with van der Waals surface area (Å²) in [6, 6.07) is 0.995. The summed E-state index contributed by atoms with van der Waals surface area (Å²) in [6.45, 7) is 1.51. The van der Waals surface area contributed by atoms with E-state index in [2.05, 4.69) is 4.98 Å². The van der Waals surface area contributed by atoms with Crippen molar-refractivity contribution >= 4 is 6.01 Å². The van der Waals surface area contributed by atoms with Crippen molar-refractivity contribution in [2.24, 2.45) is 0 Å². The number of anilines is 1. The van der Waals surface area contributed by atoms with Gasteiger partial charge in [0, 0.05) is 26.3 Å². The molecule has 0 atom stereocenters. The van der Waals surface area contributed by atoms with Gasteiger partial charge in [0.05, 0.1) is 6.61 Å². The van der Waals surface area contributed by atoms with Gasteiger partial charge in [0.15, 0.2) is 0 Å². The molecule has 2 rings (SSSR count). The lowest BCUT2D eigenvalue weighted by Crippen LogP contribution is -2.36. The first-order chi connectivity index (χ1) is 7.31. The summed E-state index contributed by atoms with van der Waals surface area (Å²) in [7, 11) is 1.96. The third-order valence-corrected chi connectivity index (χ3v) is 2.74. The number of hydrogen-bond acceptors (Lipinski definition) is 5. The fourth-order valence-electron chi connectivity index (χ4n) is 1.76. The smallest absolute Gasteiger partial charge is 0.297 e. The van der Waals surface area contributed by atoms with Gasteiger partial charge in [-0.3, -0.25) is 0 Å². The lowest BCUT2D eigenvalue weighted by Gasteiger charge is -2.29. The van der Waals surface area contributed by atoms with Crippen LogP contribution in [0, 0.1) is 0 Å². The van der Waals surface area contributed by atoms with Crippen LogP contribution in [-0.2, 0) is 11.3 Å². The van der Waals surface area contributed by atoms with Gasteiger partial charge in [0.1, 0.15) is 12.0 Å². The molecular formula is C10H16N2O3. The highest BCUT2D eigenvalue weighted by molar-refractivity contribution is 5.27. The second kappa shape index (κ2) is 4.63. The zero-order valence-corrected chi connectivity index (χ0v) is 8.85. The van der Waals surface area contributed by atoms with Gasteiger partial charge in [0.25, 0.3) is 6.01 Å². The molecule has 1 aliphatic rings. The highest BCUT2D eigenvalue weighted by atomic mass is 16.5. The average Bonchev–Trinajstić information content (AvgIpc) is 2.78. The van der Waals surface area contributed by atoms with Gasteiger partial charge < -0.3 is 19.2 Å². The Kier molecular flexibility index (Phi) is 3.23. The van der Waals surface area contributed by atoms with E-state index in [4.69, 9.17) is 14.3 Å². The first-order valence-corrected chi connectivity index (χ1v) is 5.17. The van der Waals surface area contributed by atoms with E-state index in [1.165, 1.54) is 6.26 Å². The van der Waals surface area contributed by atoms with Crippen LogP contribution < -0.4 is 4.90 Å². The maximum atomic E-state index is 8.88. The molecule has 2 heterocycles. The molecule has 1 aromatic heterocycles. The Balaban J connectivity index is 2.02. The summed E-state index contributed by atoms with van der Waals surface area (Å²) in [5.41, 5.74) is 0.573. The quantitative estimate of drug-likeness (QED) is 0.802. The van der Waals surface area contributed by atoms with E-state index in [1.807, 2.05) is 11.9 Å². The van der Waals surface area contributed by atoms with Crippen LogP contribution in [0.15, 0.2) is 10.7 Å². The average molecular weight is 212 g/mol. The van der Waals surface area contributed by atoms with Crippen molar-refractivity contribution in [2.45, 2.75) is 25.5 Å². The number of oxazole rings is 1. The van der Waals surface area contributed by atoms with E-state index in [-0.39, 0.29) is 6.61 Å². The van der Waals surface area contributed by atoms with Crippen LogP contribution in [0.1, 0.15) is 18.5 Å². The molecule has 1 aliphatic heterocycles. The van der Waals surface area contributed by atoms with Crippen LogP contribution in [0.4, 0.5) is 6.01 Å². The van der Waals surface area contributed by atoms with Gasteiger partial charge in [-0.15, -0.1) is 0 Å². The lowest BCUT2D eigenvalue weighted by molar-refractivity contribution is 0.0846. The Bertz CT molecular complexity index is 307. The van der Waals surface area contributed by atoms with Crippen LogP contribution in [-0.4, -0.2) is 36.4 Å². The van der Waals surface area contributed by atoms with Crippen LogP contribution >= 0.6 is 0 Å². The normalized spacial score (nSPS) is 18.0. The molecule has 0 radical (unpaired) electrons. The van der Waals surface area contributed by atoms with Crippen LogP contribution in [0.5, 0.6) is 0 Å². The fourth-order valence-corrected chi connectivity index (χ4v) is 1.76. The Hall–Kier alpha value is -1.07. The molecule has 84 valence electrons. The first-order valence-electron chi connectivity index (χ1n) is 5.17. The minimum absolute atomic E-state index is 0.0783. The summed E-state index contributed by atoms with van der Waals surface area (Å²) in [4.78, 5) is 6.19. The molecular weight excluding hydrogens is 196 g/mol. The predicted octanol–water partition coefficient (Wildman–Crippen LogP) is 0.782. The Morgan fingerprint density at radius 1 is 1.53 bits per heavy atom.